The van der Waals surface area contributed by atoms with E-state index in [-0.39, 0.29) is 21.8 Å². The van der Waals surface area contributed by atoms with E-state index in [0.29, 0.717) is 37.4 Å². The van der Waals surface area contributed by atoms with Gasteiger partial charge in [0.1, 0.15) is 5.25 Å². The van der Waals surface area contributed by atoms with Gasteiger partial charge < -0.3 is 14.1 Å². The lowest BCUT2D eigenvalue weighted by molar-refractivity contribution is 0.0730. The second kappa shape index (κ2) is 10.8. The molecule has 6 rings (SSSR count). The highest BCUT2D eigenvalue weighted by atomic mass is 32.2. The number of para-hydroxylation sites is 1. The van der Waals surface area contributed by atoms with Gasteiger partial charge in [-0.15, -0.1) is 10.2 Å². The van der Waals surface area contributed by atoms with Gasteiger partial charge in [-0.1, -0.05) is 54.6 Å². The molecule has 0 amide bonds. The number of Topliss-reactive ketones (excluding diaryl/α,β-unsaturated/α-hetero) is 1. The van der Waals surface area contributed by atoms with Crippen molar-refractivity contribution < 1.29 is 22.4 Å². The maximum Gasteiger partial charge on any atom is 0.277 e. The van der Waals surface area contributed by atoms with E-state index in [1.807, 2.05) is 54.6 Å². The summed E-state index contributed by atoms with van der Waals surface area (Å²) in [7, 11) is -3.68. The highest BCUT2D eigenvalue weighted by Crippen LogP contribution is 2.39. The molecule has 5 aromatic rings. The lowest BCUT2D eigenvalue weighted by Gasteiger charge is -2.26. The second-order valence-electron chi connectivity index (χ2n) is 8.94. The first-order valence-corrected chi connectivity index (χ1v) is 14.7. The predicted octanol–water partition coefficient (Wildman–Crippen LogP) is 4.96. The van der Waals surface area contributed by atoms with Crippen LogP contribution >= 0.6 is 11.8 Å². The number of ketones is 1. The van der Waals surface area contributed by atoms with Crippen molar-refractivity contribution in [3.63, 3.8) is 0 Å². The molecule has 39 heavy (non-hydrogen) atoms. The molecular formula is C28H24N4O5S2. The number of carbonyl (C=O) groups is 1. The fourth-order valence-electron chi connectivity index (χ4n) is 4.52. The van der Waals surface area contributed by atoms with Crippen LogP contribution < -0.4 is 0 Å². The summed E-state index contributed by atoms with van der Waals surface area (Å²) in [6.45, 7) is 1.34. The molecule has 0 radical (unpaired) electrons. The Balaban J connectivity index is 1.29. The largest absolute Gasteiger partial charge is 0.411 e. The summed E-state index contributed by atoms with van der Waals surface area (Å²) < 4.78 is 38.9. The summed E-state index contributed by atoms with van der Waals surface area (Å²) in [5.74, 6) is 0.0740. The van der Waals surface area contributed by atoms with E-state index in [1.54, 1.807) is 24.4 Å². The van der Waals surface area contributed by atoms with Crippen molar-refractivity contribution in [3.8, 4) is 11.5 Å². The molecule has 198 valence electrons. The number of ether oxygens (including phenoxy) is 1. The number of rotatable bonds is 8. The first-order chi connectivity index (χ1) is 19.0. The third kappa shape index (κ3) is 5.13. The number of aromatic nitrogens is 3. The van der Waals surface area contributed by atoms with Crippen molar-refractivity contribution in [2.24, 2.45) is 0 Å². The Morgan fingerprint density at radius 3 is 2.54 bits per heavy atom. The van der Waals surface area contributed by atoms with E-state index in [1.165, 1.54) is 10.4 Å². The van der Waals surface area contributed by atoms with E-state index < -0.39 is 15.3 Å². The van der Waals surface area contributed by atoms with Gasteiger partial charge in [0, 0.05) is 41.3 Å². The lowest BCUT2D eigenvalue weighted by Crippen LogP contribution is -2.40. The van der Waals surface area contributed by atoms with E-state index in [4.69, 9.17) is 9.15 Å². The number of nitrogens with zero attached hydrogens (tertiary/aromatic N) is 3. The predicted molar refractivity (Wildman–Crippen MR) is 147 cm³/mol. The third-order valence-corrected chi connectivity index (χ3v) is 9.49. The lowest BCUT2D eigenvalue weighted by atomic mass is 10.0. The number of morpholine rings is 1. The van der Waals surface area contributed by atoms with Crippen molar-refractivity contribution in [1.29, 1.82) is 0 Å². The number of hydrogen-bond acceptors (Lipinski definition) is 8. The molecule has 1 saturated heterocycles. The Kier molecular flexibility index (Phi) is 7.05. The maximum atomic E-state index is 13.8. The molecule has 0 bridgehead atoms. The first-order valence-electron chi connectivity index (χ1n) is 12.3. The van der Waals surface area contributed by atoms with Gasteiger partial charge in [0.2, 0.25) is 15.9 Å². The minimum Gasteiger partial charge on any atom is -0.411 e. The average Bonchev–Trinajstić information content (AvgIpc) is 3.64. The fraction of sp³-hybridized carbons (Fsp3) is 0.179. The van der Waals surface area contributed by atoms with Crippen molar-refractivity contribution >= 4 is 38.5 Å². The first kappa shape index (κ1) is 25.5. The maximum absolute atomic E-state index is 13.8. The minimum atomic E-state index is -3.68. The normalized spacial score (nSPS) is 15.4. The van der Waals surface area contributed by atoms with Crippen LogP contribution in [0.5, 0.6) is 0 Å². The number of aromatic amines is 1. The van der Waals surface area contributed by atoms with Crippen molar-refractivity contribution in [1.82, 2.24) is 19.5 Å². The minimum absolute atomic E-state index is 0.0954. The average molecular weight is 561 g/mol. The highest BCUT2D eigenvalue weighted by Gasteiger charge is 2.29. The number of carbonyl (C=O) groups excluding carboxylic acids is 1. The zero-order chi connectivity index (χ0) is 26.8. The Labute approximate surface area is 229 Å². The number of sulfonamides is 1. The van der Waals surface area contributed by atoms with E-state index in [0.717, 1.165) is 28.2 Å². The van der Waals surface area contributed by atoms with Gasteiger partial charge in [0.25, 0.3) is 5.22 Å². The van der Waals surface area contributed by atoms with E-state index in [9.17, 15) is 13.2 Å². The van der Waals surface area contributed by atoms with Crippen LogP contribution in [0.3, 0.4) is 0 Å². The molecule has 1 unspecified atom stereocenters. The van der Waals surface area contributed by atoms with Gasteiger partial charge >= 0.3 is 0 Å². The van der Waals surface area contributed by atoms with Gasteiger partial charge in [-0.3, -0.25) is 4.79 Å². The van der Waals surface area contributed by atoms with Crippen LogP contribution in [-0.2, 0) is 14.8 Å². The topological polar surface area (TPSA) is 118 Å². The molecular weight excluding hydrogens is 536 g/mol. The van der Waals surface area contributed by atoms with Crippen LogP contribution in [0, 0.1) is 0 Å². The van der Waals surface area contributed by atoms with Crippen LogP contribution in [0.25, 0.3) is 22.4 Å². The molecule has 9 nitrogen and oxygen atoms in total. The van der Waals surface area contributed by atoms with Gasteiger partial charge in [-0.25, -0.2) is 8.42 Å². The van der Waals surface area contributed by atoms with Crippen molar-refractivity contribution in [3.05, 3.63) is 96.2 Å². The number of nitrogens with one attached hydrogen (secondary N) is 1. The molecule has 0 aliphatic carbocycles. The number of H-pyrrole nitrogens is 1. The molecule has 0 spiro atoms. The molecule has 3 heterocycles. The zero-order valence-electron chi connectivity index (χ0n) is 20.7. The van der Waals surface area contributed by atoms with Crippen molar-refractivity contribution in [2.75, 3.05) is 26.3 Å². The Morgan fingerprint density at radius 2 is 1.72 bits per heavy atom. The van der Waals surface area contributed by atoms with Gasteiger partial charge in [0.05, 0.1) is 18.1 Å². The third-order valence-electron chi connectivity index (χ3n) is 6.51. The van der Waals surface area contributed by atoms with Gasteiger partial charge in [0.15, 0.2) is 5.78 Å². The van der Waals surface area contributed by atoms with Crippen LogP contribution in [0.1, 0.15) is 21.2 Å². The smallest absolute Gasteiger partial charge is 0.277 e. The summed E-state index contributed by atoms with van der Waals surface area (Å²) in [4.78, 5) is 17.1. The number of fused-ring (bicyclic) bond motifs is 1. The van der Waals surface area contributed by atoms with E-state index >= 15 is 0 Å². The van der Waals surface area contributed by atoms with Crippen LogP contribution in [0.2, 0.25) is 0 Å². The second-order valence-corrected chi connectivity index (χ2v) is 11.9. The molecule has 1 aliphatic heterocycles. The zero-order valence-corrected chi connectivity index (χ0v) is 22.3. The molecule has 1 N–H and O–H groups in total. The summed E-state index contributed by atoms with van der Waals surface area (Å²) >= 11 is 1.16. The molecule has 2 aromatic heterocycles. The fourth-order valence-corrected chi connectivity index (χ4v) is 6.92. The number of thioether (sulfide) groups is 1. The SMILES string of the molecule is O=C(c1c[nH]c2ccccc12)C(Sc1nnc(-c2cccc(S(=O)(=O)N3CCOCC3)c2)o1)c1ccccc1. The summed E-state index contributed by atoms with van der Waals surface area (Å²) in [5, 5.41) is 8.74. The van der Waals surface area contributed by atoms with Gasteiger partial charge in [-0.2, -0.15) is 4.31 Å². The molecule has 3 aromatic carbocycles. The summed E-state index contributed by atoms with van der Waals surface area (Å²) in [5.41, 5.74) is 2.73. The molecule has 1 fully saturated rings. The quantitative estimate of drug-likeness (QED) is 0.209. The van der Waals surface area contributed by atoms with Crippen LogP contribution in [0.4, 0.5) is 0 Å². The Morgan fingerprint density at radius 1 is 0.949 bits per heavy atom. The summed E-state index contributed by atoms with van der Waals surface area (Å²) in [6.07, 6.45) is 1.73. The van der Waals surface area contributed by atoms with E-state index in [2.05, 4.69) is 15.2 Å². The molecule has 1 atom stereocenters. The number of benzene rings is 3. The van der Waals surface area contributed by atoms with Crippen LogP contribution in [-0.4, -0.2) is 60.0 Å². The molecule has 1 aliphatic rings. The molecule has 11 heteroatoms. The highest BCUT2D eigenvalue weighted by molar-refractivity contribution is 8.00. The van der Waals surface area contributed by atoms with Crippen molar-refractivity contribution in [2.45, 2.75) is 15.4 Å². The summed E-state index contributed by atoms with van der Waals surface area (Å²) in [6, 6.07) is 23.5. The monoisotopic (exact) mass is 560 g/mol. The molecule has 0 saturated carbocycles. The standard InChI is InChI=1S/C28H24N4O5S2/c33-25(23-18-29-24-12-5-4-11-22(23)24)26(19-7-2-1-3-8-19)38-28-31-30-27(37-28)20-9-6-10-21(17-20)39(34,35)32-13-15-36-16-14-32/h1-12,17-18,26,29H,13-16H2. The number of hydrogen-bond donors (Lipinski definition) is 1. The Bertz CT molecular complexity index is 1730. The van der Waals surface area contributed by atoms with Crippen LogP contribution in [0.15, 0.2) is 99.6 Å². The van der Waals surface area contributed by atoms with Gasteiger partial charge in [-0.05, 0) is 41.6 Å². The Hall–Kier alpha value is -3.77.